The van der Waals surface area contributed by atoms with Crippen molar-refractivity contribution >= 4 is 0 Å². The molecule has 1 aliphatic heterocycles. The first kappa shape index (κ1) is 12.5. The molecule has 0 unspecified atom stereocenters. The van der Waals surface area contributed by atoms with Crippen LogP contribution in [0.1, 0.15) is 49.3 Å². The molecule has 1 heterocycles. The molecule has 4 heteroatoms. The Morgan fingerprint density at radius 3 is 2.74 bits per heavy atom. The summed E-state index contributed by atoms with van der Waals surface area (Å²) in [4.78, 5) is 0. The molecule has 1 spiro atoms. The minimum Gasteiger partial charge on any atom is -0.484 e. The van der Waals surface area contributed by atoms with Crippen LogP contribution in [0.15, 0.2) is 18.2 Å². The molecule has 100 valence electrons. The molecule has 1 aromatic rings. The summed E-state index contributed by atoms with van der Waals surface area (Å²) < 4.78 is 6.10. The average molecular weight is 258 g/mol. The lowest BCUT2D eigenvalue weighted by Crippen LogP contribution is -2.56. The minimum absolute atomic E-state index is 0.477. The standard InChI is InChI=1S/C15H18N2O2/c16-9-10-4-5-12-11(8-10)13(17)14(18)15(19-12)6-2-1-3-7-15/h4-5,8,13-14,18H,1-3,6-7,17H2/t13-,14+/m0/s1. The maximum atomic E-state index is 10.5. The number of hydrogen-bond donors (Lipinski definition) is 2. The molecule has 0 bridgehead atoms. The van der Waals surface area contributed by atoms with Crippen LogP contribution in [0.5, 0.6) is 5.75 Å². The van der Waals surface area contributed by atoms with Crippen LogP contribution in [-0.2, 0) is 0 Å². The zero-order valence-corrected chi connectivity index (χ0v) is 10.8. The second-order valence-electron chi connectivity index (χ2n) is 5.56. The predicted octanol–water partition coefficient (Wildman–Crippen LogP) is 2.01. The van der Waals surface area contributed by atoms with Gasteiger partial charge in [0.2, 0.25) is 0 Å². The van der Waals surface area contributed by atoms with Crippen molar-refractivity contribution < 1.29 is 9.84 Å². The Kier molecular flexibility index (Phi) is 2.96. The normalized spacial score (nSPS) is 28.3. The van der Waals surface area contributed by atoms with Crippen molar-refractivity contribution in [1.82, 2.24) is 0 Å². The van der Waals surface area contributed by atoms with Gasteiger partial charge in [0.1, 0.15) is 17.5 Å². The van der Waals surface area contributed by atoms with Gasteiger partial charge in [-0.05, 0) is 43.9 Å². The van der Waals surface area contributed by atoms with Gasteiger partial charge in [-0.2, -0.15) is 5.26 Å². The molecule has 0 aromatic heterocycles. The Labute approximate surface area is 112 Å². The summed E-state index contributed by atoms with van der Waals surface area (Å²) in [6.45, 7) is 0. The van der Waals surface area contributed by atoms with Gasteiger partial charge in [-0.25, -0.2) is 0 Å². The molecular weight excluding hydrogens is 240 g/mol. The van der Waals surface area contributed by atoms with Crippen molar-refractivity contribution in [2.45, 2.75) is 49.9 Å². The third-order valence-corrected chi connectivity index (χ3v) is 4.39. The quantitative estimate of drug-likeness (QED) is 0.746. The van der Waals surface area contributed by atoms with Gasteiger partial charge in [-0.1, -0.05) is 6.42 Å². The van der Waals surface area contributed by atoms with Gasteiger partial charge in [-0.15, -0.1) is 0 Å². The number of aliphatic hydroxyl groups excluding tert-OH is 1. The average Bonchev–Trinajstić information content (AvgIpc) is 2.46. The van der Waals surface area contributed by atoms with E-state index in [4.69, 9.17) is 15.7 Å². The van der Waals surface area contributed by atoms with Crippen molar-refractivity contribution in [3.05, 3.63) is 29.3 Å². The zero-order chi connectivity index (χ0) is 13.5. The number of ether oxygens (including phenoxy) is 1. The molecule has 2 aliphatic rings. The van der Waals surface area contributed by atoms with E-state index in [9.17, 15) is 5.11 Å². The van der Waals surface area contributed by atoms with E-state index in [2.05, 4.69) is 6.07 Å². The molecule has 0 radical (unpaired) electrons. The molecule has 4 nitrogen and oxygen atoms in total. The summed E-state index contributed by atoms with van der Waals surface area (Å²) >= 11 is 0. The third kappa shape index (κ3) is 1.90. The van der Waals surface area contributed by atoms with E-state index >= 15 is 0 Å². The number of nitrogens with zero attached hydrogens (tertiary/aromatic N) is 1. The number of fused-ring (bicyclic) bond motifs is 1. The van der Waals surface area contributed by atoms with E-state index in [0.717, 1.165) is 37.0 Å². The predicted molar refractivity (Wildman–Crippen MR) is 70.5 cm³/mol. The number of aliphatic hydroxyl groups is 1. The maximum Gasteiger partial charge on any atom is 0.137 e. The minimum atomic E-state index is -0.700. The lowest BCUT2D eigenvalue weighted by molar-refractivity contribution is -0.101. The highest BCUT2D eigenvalue weighted by Crippen LogP contribution is 2.45. The number of hydrogen-bond acceptors (Lipinski definition) is 4. The Morgan fingerprint density at radius 2 is 2.05 bits per heavy atom. The molecule has 3 rings (SSSR count). The largest absolute Gasteiger partial charge is 0.484 e. The Hall–Kier alpha value is -1.57. The second-order valence-corrected chi connectivity index (χ2v) is 5.56. The van der Waals surface area contributed by atoms with E-state index in [1.807, 2.05) is 0 Å². The van der Waals surface area contributed by atoms with Crippen LogP contribution >= 0.6 is 0 Å². The fourth-order valence-corrected chi connectivity index (χ4v) is 3.30. The van der Waals surface area contributed by atoms with Crippen LogP contribution in [0.2, 0.25) is 0 Å². The molecule has 2 atom stereocenters. The van der Waals surface area contributed by atoms with Crippen molar-refractivity contribution in [2.75, 3.05) is 0 Å². The summed E-state index contributed by atoms with van der Waals surface area (Å²) in [6.07, 6.45) is 4.31. The van der Waals surface area contributed by atoms with Crippen LogP contribution in [0.4, 0.5) is 0 Å². The highest BCUT2D eigenvalue weighted by atomic mass is 16.5. The van der Waals surface area contributed by atoms with Crippen molar-refractivity contribution in [1.29, 1.82) is 5.26 Å². The van der Waals surface area contributed by atoms with E-state index < -0.39 is 17.7 Å². The topological polar surface area (TPSA) is 79.3 Å². The molecule has 1 saturated carbocycles. The van der Waals surface area contributed by atoms with Crippen molar-refractivity contribution in [3.8, 4) is 11.8 Å². The Morgan fingerprint density at radius 1 is 1.32 bits per heavy atom. The number of nitrogens with two attached hydrogens (primary N) is 1. The summed E-state index contributed by atoms with van der Waals surface area (Å²) in [6, 6.07) is 6.87. The van der Waals surface area contributed by atoms with Crippen LogP contribution in [0.3, 0.4) is 0 Å². The summed E-state index contributed by atoms with van der Waals surface area (Å²) in [7, 11) is 0. The number of rotatable bonds is 0. The first-order valence-corrected chi connectivity index (χ1v) is 6.83. The van der Waals surface area contributed by atoms with Gasteiger partial charge < -0.3 is 15.6 Å². The van der Waals surface area contributed by atoms with Gasteiger partial charge in [0.05, 0.1) is 17.7 Å². The van der Waals surface area contributed by atoms with Crippen LogP contribution in [0.25, 0.3) is 0 Å². The molecule has 1 aliphatic carbocycles. The molecule has 19 heavy (non-hydrogen) atoms. The molecule has 0 saturated heterocycles. The van der Waals surface area contributed by atoms with Gasteiger partial charge >= 0.3 is 0 Å². The Bertz CT molecular complexity index is 529. The lowest BCUT2D eigenvalue weighted by Gasteiger charge is -2.47. The summed E-state index contributed by atoms with van der Waals surface area (Å²) in [5.74, 6) is 0.721. The third-order valence-electron chi connectivity index (χ3n) is 4.39. The summed E-state index contributed by atoms with van der Waals surface area (Å²) in [5, 5.41) is 19.5. The maximum absolute atomic E-state index is 10.5. The van der Waals surface area contributed by atoms with Crippen LogP contribution in [0, 0.1) is 11.3 Å². The molecule has 1 aromatic carbocycles. The lowest BCUT2D eigenvalue weighted by atomic mass is 9.75. The second kappa shape index (κ2) is 4.52. The zero-order valence-electron chi connectivity index (χ0n) is 10.8. The number of benzene rings is 1. The van der Waals surface area contributed by atoms with Gasteiger partial charge in [0, 0.05) is 5.56 Å². The van der Waals surface area contributed by atoms with E-state index in [1.165, 1.54) is 6.42 Å². The SMILES string of the molecule is N#Cc1ccc2c(c1)[C@H](N)[C@@H](O)C1(CCCCC1)O2. The van der Waals surface area contributed by atoms with Gasteiger partial charge in [-0.3, -0.25) is 0 Å². The molecule has 1 fully saturated rings. The first-order chi connectivity index (χ1) is 9.16. The smallest absolute Gasteiger partial charge is 0.137 e. The van der Waals surface area contributed by atoms with E-state index in [-0.39, 0.29) is 0 Å². The first-order valence-electron chi connectivity index (χ1n) is 6.83. The van der Waals surface area contributed by atoms with E-state index in [1.54, 1.807) is 18.2 Å². The molecule has 0 amide bonds. The summed E-state index contributed by atoms with van der Waals surface area (Å²) in [5.41, 5.74) is 6.94. The fourth-order valence-electron chi connectivity index (χ4n) is 3.30. The van der Waals surface area contributed by atoms with Crippen LogP contribution in [-0.4, -0.2) is 16.8 Å². The molecular formula is C15H18N2O2. The van der Waals surface area contributed by atoms with E-state index in [0.29, 0.717) is 5.56 Å². The highest BCUT2D eigenvalue weighted by Gasteiger charge is 2.48. The van der Waals surface area contributed by atoms with Gasteiger partial charge in [0.25, 0.3) is 0 Å². The van der Waals surface area contributed by atoms with Crippen LogP contribution < -0.4 is 10.5 Å². The monoisotopic (exact) mass is 258 g/mol. The van der Waals surface area contributed by atoms with Crippen molar-refractivity contribution in [3.63, 3.8) is 0 Å². The Balaban J connectivity index is 2.02. The highest BCUT2D eigenvalue weighted by molar-refractivity contribution is 5.46. The van der Waals surface area contributed by atoms with Crippen molar-refractivity contribution in [2.24, 2.45) is 5.73 Å². The fraction of sp³-hybridized carbons (Fsp3) is 0.533. The molecule has 3 N–H and O–H groups in total. The van der Waals surface area contributed by atoms with Gasteiger partial charge in [0.15, 0.2) is 0 Å². The number of nitriles is 1.